The number of carboxylic acids is 1. The van der Waals surface area contributed by atoms with Crippen molar-refractivity contribution in [2.24, 2.45) is 5.92 Å². The van der Waals surface area contributed by atoms with Crippen LogP contribution in [0.4, 0.5) is 0 Å². The minimum atomic E-state index is -0.723. The van der Waals surface area contributed by atoms with Gasteiger partial charge >= 0.3 is 5.97 Å². The number of carbonyl (C=O) groups is 2. The molecule has 6 nitrogen and oxygen atoms in total. The Bertz CT molecular complexity index is 312. The second-order valence-electron chi connectivity index (χ2n) is 5.51. The first-order valence-corrected chi connectivity index (χ1v) is 7.32. The molecule has 1 aliphatic heterocycles. The van der Waals surface area contributed by atoms with Crippen molar-refractivity contribution in [3.63, 3.8) is 0 Å². The molecule has 1 aliphatic rings. The van der Waals surface area contributed by atoms with Crippen molar-refractivity contribution in [1.29, 1.82) is 0 Å². The lowest BCUT2D eigenvalue weighted by Crippen LogP contribution is -2.42. The first-order chi connectivity index (χ1) is 9.49. The average Bonchev–Trinajstić information content (AvgIpc) is 2.38. The highest BCUT2D eigenvalue weighted by molar-refractivity contribution is 5.78. The Morgan fingerprint density at radius 3 is 2.55 bits per heavy atom. The van der Waals surface area contributed by atoms with Crippen molar-refractivity contribution in [2.45, 2.75) is 39.2 Å². The number of ether oxygens (including phenoxy) is 1. The molecule has 0 aromatic rings. The van der Waals surface area contributed by atoms with Gasteiger partial charge in [-0.05, 0) is 46.2 Å². The largest absolute Gasteiger partial charge is 0.481 e. The van der Waals surface area contributed by atoms with Gasteiger partial charge in [-0.15, -0.1) is 0 Å². The lowest BCUT2D eigenvalue weighted by atomic mass is 9.97. The summed E-state index contributed by atoms with van der Waals surface area (Å²) in [6.07, 6.45) is 2.29. The molecule has 2 N–H and O–H groups in total. The van der Waals surface area contributed by atoms with Crippen LogP contribution in [0.2, 0.25) is 0 Å². The van der Waals surface area contributed by atoms with Gasteiger partial charge in [-0.3, -0.25) is 14.5 Å². The standard InChI is InChI=1S/C14H26N2O4/c1-11(2)20-9-3-6-15-13(17)10-16-7-4-12(5-8-16)14(18)19/h11-12H,3-10H2,1-2H3,(H,15,17)(H,18,19). The number of nitrogens with zero attached hydrogens (tertiary/aromatic N) is 1. The molecule has 0 aromatic heterocycles. The second kappa shape index (κ2) is 8.92. The van der Waals surface area contributed by atoms with E-state index in [0.717, 1.165) is 6.42 Å². The minimum Gasteiger partial charge on any atom is -0.481 e. The fraction of sp³-hybridized carbons (Fsp3) is 0.857. The van der Waals surface area contributed by atoms with Gasteiger partial charge < -0.3 is 15.2 Å². The van der Waals surface area contributed by atoms with Crippen LogP contribution >= 0.6 is 0 Å². The first kappa shape index (κ1) is 16.9. The van der Waals surface area contributed by atoms with Gasteiger partial charge in [0, 0.05) is 13.2 Å². The van der Waals surface area contributed by atoms with E-state index in [1.54, 1.807) is 0 Å². The van der Waals surface area contributed by atoms with E-state index in [0.29, 0.717) is 45.6 Å². The Balaban J connectivity index is 2.07. The van der Waals surface area contributed by atoms with Gasteiger partial charge in [0.25, 0.3) is 0 Å². The third-order valence-corrected chi connectivity index (χ3v) is 3.40. The fourth-order valence-corrected chi connectivity index (χ4v) is 2.22. The number of piperidine rings is 1. The van der Waals surface area contributed by atoms with Crippen LogP contribution in [0.25, 0.3) is 0 Å². The maximum Gasteiger partial charge on any atom is 0.306 e. The molecule has 1 fully saturated rings. The molecule has 0 bridgehead atoms. The van der Waals surface area contributed by atoms with Gasteiger partial charge in [0.15, 0.2) is 0 Å². The van der Waals surface area contributed by atoms with E-state index in [1.165, 1.54) is 0 Å². The number of carboxylic acid groups (broad SMARTS) is 1. The minimum absolute atomic E-state index is 0.00308. The predicted molar refractivity (Wildman–Crippen MR) is 75.5 cm³/mol. The monoisotopic (exact) mass is 286 g/mol. The maximum absolute atomic E-state index is 11.7. The molecule has 0 radical (unpaired) electrons. The van der Waals surface area contributed by atoms with E-state index in [9.17, 15) is 9.59 Å². The SMILES string of the molecule is CC(C)OCCCNC(=O)CN1CCC(C(=O)O)CC1. The van der Waals surface area contributed by atoms with E-state index < -0.39 is 5.97 Å². The molecule has 116 valence electrons. The molecule has 1 rings (SSSR count). The number of amides is 1. The number of nitrogens with one attached hydrogen (secondary N) is 1. The Kier molecular flexibility index (Phi) is 7.54. The molecule has 0 spiro atoms. The normalized spacial score (nSPS) is 17.4. The van der Waals surface area contributed by atoms with Crippen LogP contribution in [0.1, 0.15) is 33.1 Å². The zero-order chi connectivity index (χ0) is 15.0. The van der Waals surface area contributed by atoms with Crippen molar-refractivity contribution in [3.8, 4) is 0 Å². The van der Waals surface area contributed by atoms with Gasteiger partial charge in [0.05, 0.1) is 18.6 Å². The quantitative estimate of drug-likeness (QED) is 0.643. The summed E-state index contributed by atoms with van der Waals surface area (Å²) < 4.78 is 5.39. The summed E-state index contributed by atoms with van der Waals surface area (Å²) in [5.74, 6) is -0.968. The summed E-state index contributed by atoms with van der Waals surface area (Å²) in [5, 5.41) is 11.8. The van der Waals surface area contributed by atoms with Crippen LogP contribution < -0.4 is 5.32 Å². The lowest BCUT2D eigenvalue weighted by Gasteiger charge is -2.29. The summed E-state index contributed by atoms with van der Waals surface area (Å²) >= 11 is 0. The molecule has 6 heteroatoms. The van der Waals surface area contributed by atoms with E-state index in [-0.39, 0.29) is 17.9 Å². The van der Waals surface area contributed by atoms with Crippen LogP contribution in [0.15, 0.2) is 0 Å². The van der Waals surface area contributed by atoms with Crippen LogP contribution in [0, 0.1) is 5.92 Å². The highest BCUT2D eigenvalue weighted by Crippen LogP contribution is 2.16. The molecule has 0 aliphatic carbocycles. The molecule has 20 heavy (non-hydrogen) atoms. The van der Waals surface area contributed by atoms with Crippen LogP contribution in [-0.2, 0) is 14.3 Å². The molecule has 1 heterocycles. The van der Waals surface area contributed by atoms with Crippen molar-refractivity contribution in [2.75, 3.05) is 32.8 Å². The van der Waals surface area contributed by atoms with Gasteiger partial charge in [-0.1, -0.05) is 0 Å². The molecule has 1 amide bonds. The van der Waals surface area contributed by atoms with Crippen molar-refractivity contribution < 1.29 is 19.4 Å². The van der Waals surface area contributed by atoms with Gasteiger partial charge in [0.1, 0.15) is 0 Å². The second-order valence-corrected chi connectivity index (χ2v) is 5.51. The number of likely N-dealkylation sites (tertiary alicyclic amines) is 1. The molecule has 0 unspecified atom stereocenters. The molecule has 1 saturated heterocycles. The van der Waals surface area contributed by atoms with Crippen molar-refractivity contribution >= 4 is 11.9 Å². The van der Waals surface area contributed by atoms with E-state index in [4.69, 9.17) is 9.84 Å². The van der Waals surface area contributed by atoms with Crippen LogP contribution in [0.5, 0.6) is 0 Å². The zero-order valence-electron chi connectivity index (χ0n) is 12.4. The summed E-state index contributed by atoms with van der Waals surface area (Å²) in [6.45, 7) is 6.97. The first-order valence-electron chi connectivity index (χ1n) is 7.32. The molecule has 0 saturated carbocycles. The number of hydrogen-bond acceptors (Lipinski definition) is 4. The summed E-state index contributed by atoms with van der Waals surface area (Å²) in [5.41, 5.74) is 0. The number of carbonyl (C=O) groups excluding carboxylic acids is 1. The molecule has 0 aromatic carbocycles. The highest BCUT2D eigenvalue weighted by atomic mass is 16.5. The predicted octanol–water partition coefficient (Wildman–Crippen LogP) is 0.714. The van der Waals surface area contributed by atoms with Crippen molar-refractivity contribution in [1.82, 2.24) is 10.2 Å². The maximum atomic E-state index is 11.7. The Morgan fingerprint density at radius 1 is 1.35 bits per heavy atom. The lowest BCUT2D eigenvalue weighted by molar-refractivity contribution is -0.143. The highest BCUT2D eigenvalue weighted by Gasteiger charge is 2.25. The number of aliphatic carboxylic acids is 1. The number of hydrogen-bond donors (Lipinski definition) is 2. The van der Waals surface area contributed by atoms with E-state index in [1.807, 2.05) is 18.7 Å². The Labute approximate surface area is 120 Å². The smallest absolute Gasteiger partial charge is 0.306 e. The summed E-state index contributed by atoms with van der Waals surface area (Å²) in [6, 6.07) is 0. The topological polar surface area (TPSA) is 78.9 Å². The molecular formula is C14H26N2O4. The van der Waals surface area contributed by atoms with Crippen molar-refractivity contribution in [3.05, 3.63) is 0 Å². The summed E-state index contributed by atoms with van der Waals surface area (Å²) in [4.78, 5) is 24.6. The number of rotatable bonds is 8. The summed E-state index contributed by atoms with van der Waals surface area (Å²) in [7, 11) is 0. The molecular weight excluding hydrogens is 260 g/mol. The van der Waals surface area contributed by atoms with Gasteiger partial charge in [-0.2, -0.15) is 0 Å². The van der Waals surface area contributed by atoms with Gasteiger partial charge in [-0.25, -0.2) is 0 Å². The third-order valence-electron chi connectivity index (χ3n) is 3.40. The average molecular weight is 286 g/mol. The zero-order valence-corrected chi connectivity index (χ0v) is 12.4. The van der Waals surface area contributed by atoms with Crippen LogP contribution in [-0.4, -0.2) is 60.8 Å². The third kappa shape index (κ3) is 6.86. The fourth-order valence-electron chi connectivity index (χ4n) is 2.22. The van der Waals surface area contributed by atoms with Crippen LogP contribution in [0.3, 0.4) is 0 Å². The Hall–Kier alpha value is -1.14. The van der Waals surface area contributed by atoms with E-state index >= 15 is 0 Å². The van der Waals surface area contributed by atoms with E-state index in [2.05, 4.69) is 5.32 Å². The Morgan fingerprint density at radius 2 is 2.00 bits per heavy atom. The molecule has 0 atom stereocenters. The van der Waals surface area contributed by atoms with Gasteiger partial charge in [0.2, 0.25) is 5.91 Å².